The van der Waals surface area contributed by atoms with Crippen LogP contribution in [0.2, 0.25) is 0 Å². The van der Waals surface area contributed by atoms with E-state index in [0.29, 0.717) is 24.2 Å². The minimum atomic E-state index is -0.594. The molecule has 0 atom stereocenters. The Balaban J connectivity index is 1.78. The van der Waals surface area contributed by atoms with Crippen molar-refractivity contribution in [3.63, 3.8) is 0 Å². The molecule has 2 N–H and O–H groups in total. The van der Waals surface area contributed by atoms with Gasteiger partial charge in [-0.25, -0.2) is 0 Å². The maximum atomic E-state index is 12.1. The van der Waals surface area contributed by atoms with Crippen molar-refractivity contribution in [2.24, 2.45) is 5.92 Å². The van der Waals surface area contributed by atoms with E-state index in [4.69, 9.17) is 0 Å². The molecule has 2 amide bonds. The van der Waals surface area contributed by atoms with Gasteiger partial charge >= 0.3 is 11.8 Å². The number of hydrogen-bond donors (Lipinski definition) is 2. The molecule has 1 aliphatic rings. The number of benzene rings is 1. The number of nitrogens with zero attached hydrogens (tertiary/aromatic N) is 1. The predicted octanol–water partition coefficient (Wildman–Crippen LogP) is 2.48. The number of hydrogen-bond acceptors (Lipinski definition) is 3. The van der Waals surface area contributed by atoms with Crippen molar-refractivity contribution in [2.75, 3.05) is 25.0 Å². The number of anilines is 1. The number of piperidine rings is 1. The van der Waals surface area contributed by atoms with Crippen molar-refractivity contribution in [2.45, 2.75) is 46.6 Å². The molecule has 132 valence electrons. The molecule has 1 aromatic rings. The second kappa shape index (κ2) is 8.29. The molecule has 24 heavy (non-hydrogen) atoms. The van der Waals surface area contributed by atoms with Crippen LogP contribution in [0, 0.1) is 19.8 Å². The lowest BCUT2D eigenvalue weighted by molar-refractivity contribution is -0.136. The molecular formula is C19H29N3O2. The van der Waals surface area contributed by atoms with Crippen molar-refractivity contribution in [1.29, 1.82) is 0 Å². The van der Waals surface area contributed by atoms with E-state index in [2.05, 4.69) is 29.4 Å². The van der Waals surface area contributed by atoms with Crippen LogP contribution in [0.15, 0.2) is 18.2 Å². The van der Waals surface area contributed by atoms with Crippen LogP contribution in [0.25, 0.3) is 0 Å². The van der Waals surface area contributed by atoms with Crippen LogP contribution >= 0.6 is 0 Å². The van der Waals surface area contributed by atoms with E-state index in [1.54, 1.807) is 0 Å². The van der Waals surface area contributed by atoms with Crippen molar-refractivity contribution in [1.82, 2.24) is 10.2 Å². The normalized spacial score (nSPS) is 16.2. The van der Waals surface area contributed by atoms with E-state index in [1.165, 1.54) is 0 Å². The predicted molar refractivity (Wildman–Crippen MR) is 97.0 cm³/mol. The van der Waals surface area contributed by atoms with Crippen LogP contribution in [0.5, 0.6) is 0 Å². The van der Waals surface area contributed by atoms with Crippen LogP contribution in [-0.2, 0) is 9.59 Å². The summed E-state index contributed by atoms with van der Waals surface area (Å²) in [5.41, 5.74) is 2.77. The molecule has 1 saturated heterocycles. The van der Waals surface area contributed by atoms with Gasteiger partial charge in [0.25, 0.3) is 0 Å². The topological polar surface area (TPSA) is 61.4 Å². The summed E-state index contributed by atoms with van der Waals surface area (Å²) in [4.78, 5) is 26.5. The van der Waals surface area contributed by atoms with Crippen molar-refractivity contribution >= 4 is 17.5 Å². The van der Waals surface area contributed by atoms with Gasteiger partial charge in [-0.05, 0) is 76.7 Å². The lowest BCUT2D eigenvalue weighted by Crippen LogP contribution is -2.43. The second-order valence-electron chi connectivity index (χ2n) is 6.98. The highest BCUT2D eigenvalue weighted by atomic mass is 16.2. The monoisotopic (exact) mass is 331 g/mol. The third-order valence-electron chi connectivity index (χ3n) is 4.99. The molecule has 1 fully saturated rings. The first-order chi connectivity index (χ1) is 11.4. The number of likely N-dealkylation sites (tertiary alicyclic amines) is 1. The van der Waals surface area contributed by atoms with Crippen molar-refractivity contribution in [3.8, 4) is 0 Å². The van der Waals surface area contributed by atoms with Crippen LogP contribution in [0.4, 0.5) is 5.69 Å². The van der Waals surface area contributed by atoms with Gasteiger partial charge in [0.15, 0.2) is 0 Å². The molecule has 0 spiro atoms. The Morgan fingerprint density at radius 1 is 1.17 bits per heavy atom. The molecule has 0 aliphatic carbocycles. The average Bonchev–Trinajstić information content (AvgIpc) is 2.57. The summed E-state index contributed by atoms with van der Waals surface area (Å²) in [7, 11) is 0. The summed E-state index contributed by atoms with van der Waals surface area (Å²) in [5.74, 6) is -0.692. The zero-order valence-electron chi connectivity index (χ0n) is 15.2. The van der Waals surface area contributed by atoms with Gasteiger partial charge in [0, 0.05) is 18.3 Å². The first-order valence-corrected chi connectivity index (χ1v) is 8.78. The smallest absolute Gasteiger partial charge is 0.313 e. The van der Waals surface area contributed by atoms with Gasteiger partial charge in [-0.1, -0.05) is 12.1 Å². The summed E-state index contributed by atoms with van der Waals surface area (Å²) < 4.78 is 0. The first-order valence-electron chi connectivity index (χ1n) is 8.78. The summed E-state index contributed by atoms with van der Waals surface area (Å²) in [5, 5.41) is 5.48. The van der Waals surface area contributed by atoms with E-state index in [9.17, 15) is 9.59 Å². The molecule has 0 saturated carbocycles. The lowest BCUT2D eigenvalue weighted by atomic mass is 9.96. The third kappa shape index (κ3) is 4.81. The zero-order valence-corrected chi connectivity index (χ0v) is 15.2. The summed E-state index contributed by atoms with van der Waals surface area (Å²) >= 11 is 0. The average molecular weight is 331 g/mol. The molecule has 0 bridgehead atoms. The van der Waals surface area contributed by atoms with E-state index >= 15 is 0 Å². The summed E-state index contributed by atoms with van der Waals surface area (Å²) in [6.45, 7) is 11.0. The highest BCUT2D eigenvalue weighted by Gasteiger charge is 2.22. The number of amides is 2. The third-order valence-corrected chi connectivity index (χ3v) is 4.99. The molecule has 0 aromatic heterocycles. The Bertz CT molecular complexity index is 590. The fraction of sp³-hybridized carbons (Fsp3) is 0.579. The minimum absolute atomic E-state index is 0.456. The lowest BCUT2D eigenvalue weighted by Gasteiger charge is -2.34. The Morgan fingerprint density at radius 3 is 2.46 bits per heavy atom. The number of aryl methyl sites for hydroxylation is 1. The molecule has 1 aliphatic heterocycles. The van der Waals surface area contributed by atoms with E-state index in [0.717, 1.165) is 37.1 Å². The molecule has 0 radical (unpaired) electrons. The van der Waals surface area contributed by atoms with E-state index in [1.807, 2.05) is 32.0 Å². The first kappa shape index (κ1) is 18.5. The van der Waals surface area contributed by atoms with Gasteiger partial charge in [0.1, 0.15) is 0 Å². The van der Waals surface area contributed by atoms with Crippen LogP contribution < -0.4 is 10.6 Å². The van der Waals surface area contributed by atoms with Crippen molar-refractivity contribution < 1.29 is 9.59 Å². The van der Waals surface area contributed by atoms with Gasteiger partial charge < -0.3 is 15.5 Å². The molecule has 1 aromatic carbocycles. The Kier molecular flexibility index (Phi) is 6.37. The Labute approximate surface area is 144 Å². The summed E-state index contributed by atoms with van der Waals surface area (Å²) in [6.07, 6.45) is 2.13. The van der Waals surface area contributed by atoms with Gasteiger partial charge in [0.05, 0.1) is 0 Å². The highest BCUT2D eigenvalue weighted by Crippen LogP contribution is 2.19. The second-order valence-corrected chi connectivity index (χ2v) is 6.98. The van der Waals surface area contributed by atoms with Crippen LogP contribution in [0.3, 0.4) is 0 Å². The number of rotatable bonds is 4. The van der Waals surface area contributed by atoms with Gasteiger partial charge in [-0.3, -0.25) is 9.59 Å². The molecule has 5 heteroatoms. The van der Waals surface area contributed by atoms with Crippen molar-refractivity contribution in [3.05, 3.63) is 29.3 Å². The number of carbonyl (C=O) groups excluding carboxylic acids is 2. The maximum Gasteiger partial charge on any atom is 0.313 e. The summed E-state index contributed by atoms with van der Waals surface area (Å²) in [6, 6.07) is 6.24. The largest absolute Gasteiger partial charge is 0.348 e. The van der Waals surface area contributed by atoms with Gasteiger partial charge in [-0.2, -0.15) is 0 Å². The highest BCUT2D eigenvalue weighted by molar-refractivity contribution is 6.39. The van der Waals surface area contributed by atoms with Gasteiger partial charge in [0.2, 0.25) is 0 Å². The fourth-order valence-corrected chi connectivity index (χ4v) is 3.06. The number of nitrogens with one attached hydrogen (secondary N) is 2. The molecule has 5 nitrogen and oxygen atoms in total. The quantitative estimate of drug-likeness (QED) is 0.833. The standard InChI is InChI=1S/C19H29N3O2/c1-13(2)22-10-8-16(9-11-22)12-20-18(23)19(24)21-17-7-5-6-14(3)15(17)4/h5-7,13,16H,8-12H2,1-4H3,(H,20,23)(H,21,24). The zero-order chi connectivity index (χ0) is 17.7. The SMILES string of the molecule is Cc1cccc(NC(=O)C(=O)NCC2CCN(C(C)C)CC2)c1C. The molecule has 2 rings (SSSR count). The molecular weight excluding hydrogens is 302 g/mol. The Morgan fingerprint density at radius 2 is 1.83 bits per heavy atom. The van der Waals surface area contributed by atoms with Gasteiger partial charge in [-0.15, -0.1) is 0 Å². The molecule has 1 heterocycles. The Hall–Kier alpha value is -1.88. The van der Waals surface area contributed by atoms with Crippen LogP contribution in [-0.4, -0.2) is 42.4 Å². The fourth-order valence-electron chi connectivity index (χ4n) is 3.06. The van der Waals surface area contributed by atoms with Crippen LogP contribution in [0.1, 0.15) is 37.8 Å². The number of carbonyl (C=O) groups is 2. The minimum Gasteiger partial charge on any atom is -0.348 e. The molecule has 0 unspecified atom stereocenters. The van der Waals surface area contributed by atoms with E-state index < -0.39 is 11.8 Å². The van der Waals surface area contributed by atoms with E-state index in [-0.39, 0.29) is 0 Å². The maximum absolute atomic E-state index is 12.1.